The van der Waals surface area contributed by atoms with Crippen LogP contribution in [0.3, 0.4) is 0 Å². The van der Waals surface area contributed by atoms with E-state index in [1.807, 2.05) is 7.05 Å². The van der Waals surface area contributed by atoms with Crippen LogP contribution in [0, 0.1) is 29.1 Å². The predicted octanol–water partition coefficient (Wildman–Crippen LogP) is 8.35. The summed E-state index contributed by atoms with van der Waals surface area (Å²) in [4.78, 5) is 0. The van der Waals surface area contributed by atoms with Crippen LogP contribution in [-0.4, -0.2) is 172 Å². The predicted molar refractivity (Wildman–Crippen MR) is 256 cm³/mol. The minimum Gasteiger partial charge on any atom is -0.378 e. The molecule has 5 atom stereocenters. The van der Waals surface area contributed by atoms with Crippen LogP contribution in [0.15, 0.2) is 11.6 Å². The fourth-order valence-corrected chi connectivity index (χ4v) is 8.77. The van der Waals surface area contributed by atoms with Crippen LogP contribution >= 0.6 is 0 Å². The van der Waals surface area contributed by atoms with Crippen molar-refractivity contribution in [2.75, 3.05) is 166 Å². The van der Waals surface area contributed by atoms with Gasteiger partial charge in [-0.05, 0) is 68.2 Å². The number of fused-ring (bicyclic) bond motifs is 1. The maximum Gasteiger partial charge on any atom is 0.0704 e. The lowest BCUT2D eigenvalue weighted by atomic mass is 9.62. The molecule has 0 aromatic carbocycles. The van der Waals surface area contributed by atoms with E-state index in [0.717, 1.165) is 43.1 Å². The van der Waals surface area contributed by atoms with Gasteiger partial charge in [0.15, 0.2) is 0 Å². The summed E-state index contributed by atoms with van der Waals surface area (Å²) in [6, 6.07) is 0. The minimum absolute atomic E-state index is 0.324. The molecule has 2 aliphatic carbocycles. The Morgan fingerprint density at radius 1 is 0.562 bits per heavy atom. The van der Waals surface area contributed by atoms with Crippen LogP contribution in [0.1, 0.15) is 118 Å². The zero-order valence-electron chi connectivity index (χ0n) is 42.0. The summed E-state index contributed by atoms with van der Waals surface area (Å²) in [5.41, 5.74) is 2.03. The molecule has 2 aliphatic rings. The Bertz CT molecular complexity index is 1040. The van der Waals surface area contributed by atoms with Crippen molar-refractivity contribution in [2.24, 2.45) is 29.1 Å². The first-order valence-corrected chi connectivity index (χ1v) is 25.7. The number of nitrogens with one attached hydrogen (secondary N) is 1. The highest BCUT2D eigenvalue weighted by atomic mass is 16.6. The highest BCUT2D eigenvalue weighted by Gasteiger charge is 2.39. The molecule has 0 aromatic heterocycles. The Morgan fingerprint density at radius 2 is 1.00 bits per heavy atom. The monoisotopic (exact) mass is 918 g/mol. The van der Waals surface area contributed by atoms with E-state index in [0.29, 0.717) is 163 Å². The summed E-state index contributed by atoms with van der Waals surface area (Å²) in [7, 11) is 1.90. The fourth-order valence-electron chi connectivity index (χ4n) is 8.77. The number of ether oxygens (including phenoxy) is 12. The Hall–Kier alpha value is -0.780. The van der Waals surface area contributed by atoms with E-state index in [-0.39, 0.29) is 0 Å². The summed E-state index contributed by atoms with van der Waals surface area (Å²) >= 11 is 0. The fraction of sp³-hybridized carbons (Fsp3) is 0.961. The number of rotatable bonds is 48. The highest BCUT2D eigenvalue weighted by Crippen LogP contribution is 2.50. The van der Waals surface area contributed by atoms with Gasteiger partial charge in [-0.1, -0.05) is 97.6 Å². The topological polar surface area (TPSA) is 123 Å². The molecular formula is C51H99NO12. The summed E-state index contributed by atoms with van der Waals surface area (Å²) in [6.45, 7) is 25.7. The molecule has 0 aliphatic heterocycles. The van der Waals surface area contributed by atoms with Crippen molar-refractivity contribution in [3.05, 3.63) is 11.6 Å². The van der Waals surface area contributed by atoms with Crippen molar-refractivity contribution in [3.63, 3.8) is 0 Å². The van der Waals surface area contributed by atoms with E-state index in [4.69, 9.17) is 56.8 Å². The molecule has 0 bridgehead atoms. The SMILES string of the molecule is CCCC(CCCC1CC=C2CC(OCCOCCOCCOCCOCCOCCOCCOCCOCCOCCOCCOCCNC)CCC2(C)C1)C(C)CCCC(C)C. The standard InChI is InChI=1S/C51H99NO12/c1-7-10-48(46(4)12-8-11-45(2)3)14-9-13-47-15-16-49-43-50(17-18-51(49,5)44-47)64-42-41-63-40-39-62-38-37-61-36-35-60-34-33-59-32-31-58-30-29-57-28-27-56-26-25-55-24-23-54-22-21-53-20-19-52-6/h16,45-48,50,52H,7-15,17-44H2,1-6H3. The van der Waals surface area contributed by atoms with E-state index in [1.54, 1.807) is 5.57 Å². The molecule has 0 saturated heterocycles. The summed E-state index contributed by atoms with van der Waals surface area (Å²) < 4.78 is 67.3. The van der Waals surface area contributed by atoms with Gasteiger partial charge in [0.25, 0.3) is 0 Å². The maximum absolute atomic E-state index is 6.29. The summed E-state index contributed by atoms with van der Waals surface area (Å²) in [6.07, 6.45) is 20.2. The molecule has 0 aromatic rings. The molecule has 13 nitrogen and oxygen atoms in total. The van der Waals surface area contributed by atoms with Crippen LogP contribution in [0.25, 0.3) is 0 Å². The lowest BCUT2D eigenvalue weighted by molar-refractivity contribution is -0.0352. The van der Waals surface area contributed by atoms with Gasteiger partial charge < -0.3 is 62.2 Å². The molecule has 2 rings (SSSR count). The molecule has 13 heteroatoms. The molecule has 1 fully saturated rings. The second-order valence-electron chi connectivity index (χ2n) is 18.5. The van der Waals surface area contributed by atoms with Crippen molar-refractivity contribution >= 4 is 0 Å². The lowest BCUT2D eigenvalue weighted by Crippen LogP contribution is -2.35. The molecule has 380 valence electrons. The van der Waals surface area contributed by atoms with E-state index in [9.17, 15) is 0 Å². The maximum atomic E-state index is 6.29. The normalized spacial score (nSPS) is 19.9. The molecule has 0 radical (unpaired) electrons. The molecule has 1 saturated carbocycles. The number of likely N-dealkylation sites (N-methyl/N-ethyl adjacent to an activating group) is 1. The molecule has 0 spiro atoms. The molecule has 0 heterocycles. The van der Waals surface area contributed by atoms with Crippen LogP contribution in [0.2, 0.25) is 0 Å². The smallest absolute Gasteiger partial charge is 0.0704 e. The number of hydrogen-bond donors (Lipinski definition) is 1. The van der Waals surface area contributed by atoms with Crippen LogP contribution < -0.4 is 5.32 Å². The van der Waals surface area contributed by atoms with E-state index >= 15 is 0 Å². The second-order valence-corrected chi connectivity index (χ2v) is 18.5. The number of hydrogen-bond acceptors (Lipinski definition) is 13. The lowest BCUT2D eigenvalue weighted by Gasteiger charge is -2.45. The van der Waals surface area contributed by atoms with Gasteiger partial charge in [0, 0.05) is 6.54 Å². The Balaban J connectivity index is 1.28. The third kappa shape index (κ3) is 32.8. The molecule has 1 N–H and O–H groups in total. The first-order chi connectivity index (χ1) is 31.4. The van der Waals surface area contributed by atoms with Crippen LogP contribution in [0.4, 0.5) is 0 Å². The third-order valence-corrected chi connectivity index (χ3v) is 12.6. The summed E-state index contributed by atoms with van der Waals surface area (Å²) in [5.74, 6) is 3.47. The van der Waals surface area contributed by atoms with Crippen molar-refractivity contribution in [1.82, 2.24) is 5.32 Å². The molecule has 64 heavy (non-hydrogen) atoms. The minimum atomic E-state index is 0.324. The van der Waals surface area contributed by atoms with Crippen molar-refractivity contribution in [2.45, 2.75) is 124 Å². The van der Waals surface area contributed by atoms with Gasteiger partial charge in [-0.15, -0.1) is 0 Å². The van der Waals surface area contributed by atoms with E-state index < -0.39 is 0 Å². The highest BCUT2D eigenvalue weighted by molar-refractivity contribution is 5.21. The molecular weight excluding hydrogens is 819 g/mol. The third-order valence-electron chi connectivity index (χ3n) is 12.6. The quantitative estimate of drug-likeness (QED) is 0.0465. The Labute approximate surface area is 391 Å². The molecule has 0 amide bonds. The van der Waals surface area contributed by atoms with Crippen molar-refractivity contribution < 1.29 is 56.8 Å². The van der Waals surface area contributed by atoms with Gasteiger partial charge in [-0.25, -0.2) is 0 Å². The van der Waals surface area contributed by atoms with Gasteiger partial charge >= 0.3 is 0 Å². The van der Waals surface area contributed by atoms with Crippen LogP contribution in [0.5, 0.6) is 0 Å². The van der Waals surface area contributed by atoms with E-state index in [2.05, 4.69) is 46.0 Å². The Kier molecular flexibility index (Phi) is 39.3. The van der Waals surface area contributed by atoms with Gasteiger partial charge in [0.1, 0.15) is 0 Å². The van der Waals surface area contributed by atoms with Crippen LogP contribution in [-0.2, 0) is 56.8 Å². The molecule has 5 unspecified atom stereocenters. The van der Waals surface area contributed by atoms with E-state index in [1.165, 1.54) is 70.6 Å². The van der Waals surface area contributed by atoms with Crippen molar-refractivity contribution in [3.8, 4) is 0 Å². The first-order valence-electron chi connectivity index (χ1n) is 25.7. The second kappa shape index (κ2) is 42.3. The summed E-state index contributed by atoms with van der Waals surface area (Å²) in [5, 5.41) is 3.03. The first kappa shape index (κ1) is 59.3. The zero-order valence-corrected chi connectivity index (χ0v) is 42.0. The van der Waals surface area contributed by atoms with Gasteiger partial charge in [0.05, 0.1) is 158 Å². The zero-order chi connectivity index (χ0) is 46.0. The largest absolute Gasteiger partial charge is 0.378 e. The van der Waals surface area contributed by atoms with Gasteiger partial charge in [-0.2, -0.15) is 0 Å². The number of allylic oxidation sites excluding steroid dienone is 1. The van der Waals surface area contributed by atoms with Crippen molar-refractivity contribution in [1.29, 1.82) is 0 Å². The Morgan fingerprint density at radius 3 is 1.42 bits per heavy atom. The van der Waals surface area contributed by atoms with Gasteiger partial charge in [-0.3, -0.25) is 0 Å². The average Bonchev–Trinajstić information content (AvgIpc) is 3.28. The van der Waals surface area contributed by atoms with Gasteiger partial charge in [0.2, 0.25) is 0 Å². The average molecular weight is 918 g/mol.